The van der Waals surface area contributed by atoms with Crippen molar-refractivity contribution in [3.8, 4) is 5.75 Å². The fraction of sp³-hybridized carbons (Fsp3) is 0.333. The lowest BCUT2D eigenvalue weighted by Crippen LogP contribution is -2.36. The Morgan fingerprint density at radius 2 is 1.96 bits per heavy atom. The molecule has 1 aromatic carbocycles. The van der Waals surface area contributed by atoms with Crippen LogP contribution in [-0.4, -0.2) is 43.9 Å². The Hall–Kier alpha value is -2.01. The fourth-order valence-corrected chi connectivity index (χ4v) is 5.29. The van der Waals surface area contributed by atoms with Gasteiger partial charge >= 0.3 is 0 Å². The molecule has 3 rings (SSSR count). The smallest absolute Gasteiger partial charge is 0.267 e. The first-order valence-corrected chi connectivity index (χ1v) is 11.5. The minimum atomic E-state index is -3.59. The zero-order chi connectivity index (χ0) is 20.1. The van der Waals surface area contributed by atoms with Crippen LogP contribution in [0.4, 0.5) is 5.69 Å². The number of hydrogen-bond acceptors (Lipinski definition) is 6. The van der Waals surface area contributed by atoms with E-state index in [0.29, 0.717) is 29.4 Å². The molecule has 0 radical (unpaired) electrons. The lowest BCUT2D eigenvalue weighted by molar-refractivity contribution is 0.0981. The summed E-state index contributed by atoms with van der Waals surface area (Å²) in [5.41, 5.74) is 0.372. The molecule has 0 atom stereocenters. The highest BCUT2D eigenvalue weighted by molar-refractivity contribution is 7.89. The summed E-state index contributed by atoms with van der Waals surface area (Å²) in [6.07, 6.45) is 2.76. The van der Waals surface area contributed by atoms with Gasteiger partial charge in [0, 0.05) is 13.1 Å². The standard InChI is InChI=1S/C18H21N3O4S3/c1-25-15-8-7-13(28(23,24)21-9-3-2-4-10-21)12-14(15)19-18(26)20-17(22)16-6-5-11-27-16/h5-8,11-12H,2-4,9-10H2,1H3,(H2,19,20,22,26). The molecule has 2 aromatic rings. The van der Waals surface area contributed by atoms with E-state index in [0.717, 1.165) is 19.3 Å². The lowest BCUT2D eigenvalue weighted by Gasteiger charge is -2.26. The van der Waals surface area contributed by atoms with Gasteiger partial charge < -0.3 is 10.1 Å². The van der Waals surface area contributed by atoms with E-state index in [9.17, 15) is 13.2 Å². The maximum Gasteiger partial charge on any atom is 0.267 e. The molecule has 2 heterocycles. The van der Waals surface area contributed by atoms with Crippen molar-refractivity contribution in [2.24, 2.45) is 0 Å². The predicted molar refractivity (Wildman–Crippen MR) is 114 cm³/mol. The molecule has 0 spiro atoms. The largest absolute Gasteiger partial charge is 0.495 e. The van der Waals surface area contributed by atoms with E-state index in [-0.39, 0.29) is 15.9 Å². The molecule has 1 aromatic heterocycles. The summed E-state index contributed by atoms with van der Waals surface area (Å²) < 4.78 is 32.6. The van der Waals surface area contributed by atoms with E-state index in [1.165, 1.54) is 34.9 Å². The van der Waals surface area contributed by atoms with Gasteiger partial charge in [0.1, 0.15) is 5.75 Å². The van der Waals surface area contributed by atoms with Gasteiger partial charge in [-0.2, -0.15) is 4.31 Å². The van der Waals surface area contributed by atoms with Gasteiger partial charge in [-0.15, -0.1) is 11.3 Å². The Balaban J connectivity index is 1.79. The predicted octanol–water partition coefficient (Wildman–Crippen LogP) is 3.06. The van der Waals surface area contributed by atoms with Crippen LogP contribution in [0.3, 0.4) is 0 Å². The highest BCUT2D eigenvalue weighted by atomic mass is 32.2. The molecule has 1 saturated heterocycles. The number of benzene rings is 1. The minimum absolute atomic E-state index is 0.0595. The summed E-state index contributed by atoms with van der Waals surface area (Å²) in [5.74, 6) is 0.0916. The summed E-state index contributed by atoms with van der Waals surface area (Å²) in [7, 11) is -2.12. The molecule has 150 valence electrons. The van der Waals surface area contributed by atoms with Crippen molar-refractivity contribution in [1.29, 1.82) is 0 Å². The van der Waals surface area contributed by atoms with Crippen molar-refractivity contribution in [2.45, 2.75) is 24.2 Å². The van der Waals surface area contributed by atoms with Crippen LogP contribution in [-0.2, 0) is 10.0 Å². The van der Waals surface area contributed by atoms with Gasteiger partial charge in [0.25, 0.3) is 5.91 Å². The van der Waals surface area contributed by atoms with Crippen LogP contribution in [0.25, 0.3) is 0 Å². The first-order valence-electron chi connectivity index (χ1n) is 8.76. The zero-order valence-electron chi connectivity index (χ0n) is 15.3. The quantitative estimate of drug-likeness (QED) is 0.697. The number of carbonyl (C=O) groups is 1. The summed E-state index contributed by atoms with van der Waals surface area (Å²) in [6.45, 7) is 1.04. The Bertz CT molecular complexity index is 952. The molecule has 7 nitrogen and oxygen atoms in total. The number of sulfonamides is 1. The third-order valence-corrected chi connectivity index (χ3v) is 7.31. The number of ether oxygens (including phenoxy) is 1. The minimum Gasteiger partial charge on any atom is -0.495 e. The summed E-state index contributed by atoms with van der Waals surface area (Å²) in [6, 6.07) is 8.03. The average molecular weight is 440 g/mol. The van der Waals surface area contributed by atoms with Crippen LogP contribution < -0.4 is 15.4 Å². The van der Waals surface area contributed by atoms with Gasteiger partial charge in [-0.3, -0.25) is 10.1 Å². The number of thiophene rings is 1. The first-order chi connectivity index (χ1) is 13.4. The molecule has 0 unspecified atom stereocenters. The summed E-state index contributed by atoms with van der Waals surface area (Å²) >= 11 is 6.50. The van der Waals surface area contributed by atoms with Gasteiger partial charge in [0.05, 0.1) is 22.6 Å². The van der Waals surface area contributed by atoms with Crippen LogP contribution in [0.15, 0.2) is 40.6 Å². The van der Waals surface area contributed by atoms with Crippen molar-refractivity contribution in [3.63, 3.8) is 0 Å². The van der Waals surface area contributed by atoms with Crippen LogP contribution in [0.5, 0.6) is 5.75 Å². The Morgan fingerprint density at radius 3 is 2.61 bits per heavy atom. The SMILES string of the molecule is COc1ccc(S(=O)(=O)N2CCCCC2)cc1NC(=S)NC(=O)c1cccs1. The molecule has 1 aliphatic rings. The highest BCUT2D eigenvalue weighted by Crippen LogP contribution is 2.30. The topological polar surface area (TPSA) is 87.7 Å². The molecule has 1 amide bonds. The second kappa shape index (κ2) is 8.99. The van der Waals surface area contributed by atoms with Gasteiger partial charge in [-0.1, -0.05) is 12.5 Å². The molecule has 0 bridgehead atoms. The van der Waals surface area contributed by atoms with Crippen LogP contribution in [0, 0.1) is 0 Å². The summed E-state index contributed by atoms with van der Waals surface area (Å²) in [5, 5.41) is 7.30. The van der Waals surface area contributed by atoms with E-state index in [1.54, 1.807) is 23.6 Å². The van der Waals surface area contributed by atoms with Crippen molar-refractivity contribution in [3.05, 3.63) is 40.6 Å². The molecule has 1 aliphatic heterocycles. The van der Waals surface area contributed by atoms with E-state index >= 15 is 0 Å². The number of piperidine rings is 1. The Labute approximate surface area is 173 Å². The average Bonchev–Trinajstić information content (AvgIpc) is 3.23. The number of nitrogens with one attached hydrogen (secondary N) is 2. The molecular weight excluding hydrogens is 418 g/mol. The fourth-order valence-electron chi connectivity index (χ4n) is 2.93. The normalized spacial score (nSPS) is 15.0. The molecule has 10 heteroatoms. The number of carbonyl (C=O) groups excluding carboxylic acids is 1. The van der Waals surface area contributed by atoms with Crippen molar-refractivity contribution in [1.82, 2.24) is 9.62 Å². The van der Waals surface area contributed by atoms with E-state index in [2.05, 4.69) is 10.6 Å². The number of thiocarbonyl (C=S) groups is 1. The first kappa shape index (κ1) is 20.7. The number of amides is 1. The van der Waals surface area contributed by atoms with E-state index in [4.69, 9.17) is 17.0 Å². The second-order valence-electron chi connectivity index (χ2n) is 6.21. The second-order valence-corrected chi connectivity index (χ2v) is 9.51. The number of rotatable bonds is 5. The Kier molecular flexibility index (Phi) is 6.65. The van der Waals surface area contributed by atoms with Gasteiger partial charge in [-0.05, 0) is 54.7 Å². The lowest BCUT2D eigenvalue weighted by atomic mass is 10.2. The monoisotopic (exact) mass is 439 g/mol. The maximum absolute atomic E-state index is 12.9. The van der Waals surface area contributed by atoms with Gasteiger partial charge in [-0.25, -0.2) is 8.42 Å². The van der Waals surface area contributed by atoms with Gasteiger partial charge in [0.15, 0.2) is 5.11 Å². The molecular formula is C18H21N3O4S3. The maximum atomic E-state index is 12.9. The molecule has 0 saturated carbocycles. The number of nitrogens with zero attached hydrogens (tertiary/aromatic N) is 1. The third kappa shape index (κ3) is 4.69. The van der Waals surface area contributed by atoms with E-state index < -0.39 is 10.0 Å². The highest BCUT2D eigenvalue weighted by Gasteiger charge is 2.27. The Morgan fingerprint density at radius 1 is 1.21 bits per heavy atom. The third-order valence-electron chi connectivity index (χ3n) is 4.34. The zero-order valence-corrected chi connectivity index (χ0v) is 17.8. The van der Waals surface area contributed by atoms with Crippen LogP contribution in [0.1, 0.15) is 28.9 Å². The number of anilines is 1. The number of methoxy groups -OCH3 is 1. The van der Waals surface area contributed by atoms with Crippen molar-refractivity contribution < 1.29 is 17.9 Å². The number of hydrogen-bond donors (Lipinski definition) is 2. The molecule has 2 N–H and O–H groups in total. The molecule has 1 fully saturated rings. The van der Waals surface area contributed by atoms with Gasteiger partial charge in [0.2, 0.25) is 10.0 Å². The van der Waals surface area contributed by atoms with Crippen LogP contribution >= 0.6 is 23.6 Å². The van der Waals surface area contributed by atoms with Crippen LogP contribution in [0.2, 0.25) is 0 Å². The molecule has 0 aliphatic carbocycles. The van der Waals surface area contributed by atoms with Crippen molar-refractivity contribution >= 4 is 50.3 Å². The molecule has 28 heavy (non-hydrogen) atoms. The van der Waals surface area contributed by atoms with Crippen molar-refractivity contribution in [2.75, 3.05) is 25.5 Å². The van der Waals surface area contributed by atoms with E-state index in [1.807, 2.05) is 0 Å². The summed E-state index contributed by atoms with van der Waals surface area (Å²) in [4.78, 5) is 12.8.